The minimum absolute atomic E-state index is 0.112. The van der Waals surface area contributed by atoms with E-state index in [9.17, 15) is 0 Å². The second kappa shape index (κ2) is 7.35. The van der Waals surface area contributed by atoms with Gasteiger partial charge in [-0.3, -0.25) is 0 Å². The Morgan fingerprint density at radius 3 is 2.52 bits per heavy atom. The zero-order chi connectivity index (χ0) is 16.1. The molecule has 126 valence electrons. The number of hydrogen-bond acceptors (Lipinski definition) is 4. The third-order valence-electron chi connectivity index (χ3n) is 4.40. The first-order chi connectivity index (χ1) is 11.1. The van der Waals surface area contributed by atoms with Crippen LogP contribution in [-0.2, 0) is 4.74 Å². The van der Waals surface area contributed by atoms with Crippen LogP contribution in [0.15, 0.2) is 29.3 Å². The van der Waals surface area contributed by atoms with Gasteiger partial charge in [-0.2, -0.15) is 0 Å². The molecule has 1 saturated heterocycles. The van der Waals surface area contributed by atoms with Crippen LogP contribution < -0.4 is 4.74 Å². The van der Waals surface area contributed by atoms with Crippen molar-refractivity contribution in [1.29, 1.82) is 0 Å². The average Bonchev–Trinajstić information content (AvgIpc) is 2.93. The van der Waals surface area contributed by atoms with Gasteiger partial charge in [-0.05, 0) is 70.5 Å². The Labute approximate surface area is 139 Å². The Hall–Kier alpha value is -1.55. The summed E-state index contributed by atoms with van der Waals surface area (Å²) < 4.78 is 11.5. The summed E-state index contributed by atoms with van der Waals surface area (Å²) in [5.74, 6) is 1.66. The molecule has 0 aromatic heterocycles. The second-order valence-corrected chi connectivity index (χ2v) is 7.15. The van der Waals surface area contributed by atoms with Crippen molar-refractivity contribution in [2.75, 3.05) is 32.8 Å². The Bertz CT molecular complexity index is 531. The van der Waals surface area contributed by atoms with Crippen LogP contribution in [0, 0.1) is 0 Å². The lowest BCUT2D eigenvalue weighted by Crippen LogP contribution is -2.31. The second-order valence-electron chi connectivity index (χ2n) is 7.15. The maximum Gasteiger partial charge on any atom is 0.216 e. The van der Waals surface area contributed by atoms with Crippen molar-refractivity contribution in [3.63, 3.8) is 0 Å². The van der Waals surface area contributed by atoms with Gasteiger partial charge in [0.25, 0.3) is 0 Å². The molecule has 2 aliphatic rings. The monoisotopic (exact) mass is 316 g/mol. The molecule has 0 N–H and O–H groups in total. The van der Waals surface area contributed by atoms with Crippen LogP contribution in [0.4, 0.5) is 0 Å². The summed E-state index contributed by atoms with van der Waals surface area (Å²) in [6, 6.07) is 8.07. The van der Waals surface area contributed by atoms with Gasteiger partial charge in [-0.1, -0.05) is 6.42 Å². The standard InChI is InChI=1S/C19H28N2O2/c1-19(2)15-23-18(20-19)16-7-9-17(10-8-16)22-14-6-13-21-11-4-3-5-12-21/h7-10H,3-6,11-15H2,1-2H3. The van der Waals surface area contributed by atoms with Crippen LogP contribution >= 0.6 is 0 Å². The maximum atomic E-state index is 5.85. The van der Waals surface area contributed by atoms with Crippen molar-refractivity contribution < 1.29 is 9.47 Å². The zero-order valence-corrected chi connectivity index (χ0v) is 14.4. The summed E-state index contributed by atoms with van der Waals surface area (Å²) in [5, 5.41) is 0. The summed E-state index contributed by atoms with van der Waals surface area (Å²) in [7, 11) is 0. The van der Waals surface area contributed by atoms with Crippen LogP contribution in [0.1, 0.15) is 45.1 Å². The number of benzene rings is 1. The van der Waals surface area contributed by atoms with Gasteiger partial charge in [-0.25, -0.2) is 4.99 Å². The largest absolute Gasteiger partial charge is 0.494 e. The van der Waals surface area contributed by atoms with Crippen molar-refractivity contribution in [1.82, 2.24) is 4.90 Å². The number of piperidine rings is 1. The molecule has 1 aromatic carbocycles. The molecule has 0 aliphatic carbocycles. The molecule has 1 fully saturated rings. The van der Waals surface area contributed by atoms with E-state index in [1.54, 1.807) is 0 Å². The Morgan fingerprint density at radius 2 is 1.87 bits per heavy atom. The van der Waals surface area contributed by atoms with Crippen molar-refractivity contribution in [3.8, 4) is 5.75 Å². The summed E-state index contributed by atoms with van der Waals surface area (Å²) in [4.78, 5) is 7.14. The van der Waals surface area contributed by atoms with Gasteiger partial charge >= 0.3 is 0 Å². The summed E-state index contributed by atoms with van der Waals surface area (Å²) in [5.41, 5.74) is 0.912. The highest BCUT2D eigenvalue weighted by molar-refractivity contribution is 5.95. The topological polar surface area (TPSA) is 34.1 Å². The molecule has 0 radical (unpaired) electrons. The quantitative estimate of drug-likeness (QED) is 0.753. The van der Waals surface area contributed by atoms with Crippen LogP contribution in [0.5, 0.6) is 5.75 Å². The fourth-order valence-electron chi connectivity index (χ4n) is 3.09. The van der Waals surface area contributed by atoms with E-state index < -0.39 is 0 Å². The molecular formula is C19H28N2O2. The highest BCUT2D eigenvalue weighted by atomic mass is 16.5. The molecule has 2 heterocycles. The molecule has 0 saturated carbocycles. The number of rotatable bonds is 6. The normalized spacial score (nSPS) is 20.9. The number of aliphatic imine (C=N–C) groups is 1. The first kappa shape index (κ1) is 16.3. The molecule has 0 amide bonds. The number of nitrogens with zero attached hydrogens (tertiary/aromatic N) is 2. The molecule has 0 atom stereocenters. The smallest absolute Gasteiger partial charge is 0.216 e. The minimum atomic E-state index is -0.112. The summed E-state index contributed by atoms with van der Waals surface area (Å²) in [6.45, 7) is 9.26. The van der Waals surface area contributed by atoms with Crippen LogP contribution in [0.2, 0.25) is 0 Å². The van der Waals surface area contributed by atoms with Gasteiger partial charge in [0, 0.05) is 12.1 Å². The van der Waals surface area contributed by atoms with E-state index in [4.69, 9.17) is 9.47 Å². The molecule has 2 aliphatic heterocycles. The highest BCUT2D eigenvalue weighted by Crippen LogP contribution is 2.22. The van der Waals surface area contributed by atoms with Gasteiger partial charge < -0.3 is 14.4 Å². The van der Waals surface area contributed by atoms with E-state index in [-0.39, 0.29) is 5.54 Å². The molecule has 1 aromatic rings. The minimum Gasteiger partial charge on any atom is -0.494 e. The van der Waals surface area contributed by atoms with Gasteiger partial charge in [0.2, 0.25) is 5.90 Å². The van der Waals surface area contributed by atoms with Gasteiger partial charge in [0.1, 0.15) is 12.4 Å². The predicted octanol–water partition coefficient (Wildman–Crippen LogP) is 3.50. The highest BCUT2D eigenvalue weighted by Gasteiger charge is 2.26. The van der Waals surface area contributed by atoms with Gasteiger partial charge in [0.05, 0.1) is 12.1 Å². The van der Waals surface area contributed by atoms with Crippen molar-refractivity contribution in [3.05, 3.63) is 29.8 Å². The third-order valence-corrected chi connectivity index (χ3v) is 4.40. The molecule has 4 nitrogen and oxygen atoms in total. The van der Waals surface area contributed by atoms with Crippen molar-refractivity contribution >= 4 is 5.90 Å². The molecule has 0 unspecified atom stereocenters. The van der Waals surface area contributed by atoms with Crippen molar-refractivity contribution in [2.24, 2.45) is 4.99 Å². The van der Waals surface area contributed by atoms with Crippen LogP contribution in [-0.4, -0.2) is 49.2 Å². The number of hydrogen-bond donors (Lipinski definition) is 0. The van der Waals surface area contributed by atoms with E-state index in [2.05, 4.69) is 23.7 Å². The van der Waals surface area contributed by atoms with Gasteiger partial charge in [0.15, 0.2) is 0 Å². The lowest BCUT2D eigenvalue weighted by molar-refractivity contribution is 0.205. The first-order valence-corrected chi connectivity index (χ1v) is 8.81. The summed E-state index contributed by atoms with van der Waals surface area (Å²) in [6.07, 6.45) is 5.19. The first-order valence-electron chi connectivity index (χ1n) is 8.81. The van der Waals surface area contributed by atoms with Crippen molar-refractivity contribution in [2.45, 2.75) is 45.1 Å². The predicted molar refractivity (Wildman–Crippen MR) is 93.4 cm³/mol. The van der Waals surface area contributed by atoms with E-state index in [1.807, 2.05) is 24.3 Å². The number of likely N-dealkylation sites (tertiary alicyclic amines) is 1. The van der Waals surface area contributed by atoms with E-state index in [0.717, 1.165) is 36.8 Å². The fourth-order valence-corrected chi connectivity index (χ4v) is 3.09. The van der Waals surface area contributed by atoms with Gasteiger partial charge in [-0.15, -0.1) is 0 Å². The number of ether oxygens (including phenoxy) is 2. The molecule has 0 bridgehead atoms. The molecule has 0 spiro atoms. The Balaban J connectivity index is 1.43. The lowest BCUT2D eigenvalue weighted by Gasteiger charge is -2.26. The molecule has 23 heavy (non-hydrogen) atoms. The van der Waals surface area contributed by atoms with E-state index >= 15 is 0 Å². The zero-order valence-electron chi connectivity index (χ0n) is 14.4. The average molecular weight is 316 g/mol. The Kier molecular flexibility index (Phi) is 5.21. The van der Waals surface area contributed by atoms with E-state index in [0.29, 0.717) is 6.61 Å². The molecule has 4 heteroatoms. The fraction of sp³-hybridized carbons (Fsp3) is 0.632. The summed E-state index contributed by atoms with van der Waals surface area (Å²) >= 11 is 0. The Morgan fingerprint density at radius 1 is 1.13 bits per heavy atom. The van der Waals surface area contributed by atoms with E-state index in [1.165, 1.54) is 32.4 Å². The molecular weight excluding hydrogens is 288 g/mol. The molecule has 3 rings (SSSR count). The third kappa shape index (κ3) is 4.71. The SMILES string of the molecule is CC1(C)COC(c2ccc(OCCCN3CCCCC3)cc2)=N1. The van der Waals surface area contributed by atoms with Crippen LogP contribution in [0.25, 0.3) is 0 Å². The maximum absolute atomic E-state index is 5.85. The van der Waals surface area contributed by atoms with Crippen LogP contribution in [0.3, 0.4) is 0 Å². The lowest BCUT2D eigenvalue weighted by atomic mass is 10.1.